The first-order valence-corrected chi connectivity index (χ1v) is 8.37. The van der Waals surface area contributed by atoms with Crippen molar-refractivity contribution in [2.45, 2.75) is 32.6 Å². The lowest BCUT2D eigenvalue weighted by Gasteiger charge is -2.22. The maximum atomic E-state index is 12.4. The number of likely N-dealkylation sites (tertiary alicyclic amines) is 1. The number of halogens is 1. The van der Waals surface area contributed by atoms with Crippen molar-refractivity contribution in [1.29, 1.82) is 0 Å². The molecule has 6 heteroatoms. The normalized spacial score (nSPS) is 22.8. The van der Waals surface area contributed by atoms with Gasteiger partial charge in [-0.1, -0.05) is 19.1 Å². The molecule has 132 valence electrons. The predicted molar refractivity (Wildman–Crippen MR) is 97.1 cm³/mol. The SMILES string of the molecule is CC1(CN)CCN(C(=O)Cc2ccc(NC(=O)C3CC3)cc2)C1.Cl. The highest BCUT2D eigenvalue weighted by atomic mass is 35.5. The van der Waals surface area contributed by atoms with Crippen LogP contribution < -0.4 is 11.1 Å². The fourth-order valence-corrected chi connectivity index (χ4v) is 2.99. The molecule has 0 spiro atoms. The van der Waals surface area contributed by atoms with Crippen molar-refractivity contribution < 1.29 is 9.59 Å². The van der Waals surface area contributed by atoms with Gasteiger partial charge in [0.1, 0.15) is 0 Å². The van der Waals surface area contributed by atoms with Gasteiger partial charge in [0, 0.05) is 24.7 Å². The van der Waals surface area contributed by atoms with Gasteiger partial charge in [-0.05, 0) is 48.9 Å². The third-order valence-corrected chi connectivity index (χ3v) is 4.93. The lowest BCUT2D eigenvalue weighted by molar-refractivity contribution is -0.129. The van der Waals surface area contributed by atoms with Crippen molar-refractivity contribution in [3.63, 3.8) is 0 Å². The van der Waals surface area contributed by atoms with Gasteiger partial charge in [-0.25, -0.2) is 0 Å². The zero-order valence-corrected chi connectivity index (χ0v) is 14.9. The Morgan fingerprint density at radius 3 is 2.50 bits per heavy atom. The van der Waals surface area contributed by atoms with Crippen molar-refractivity contribution in [2.75, 3.05) is 25.0 Å². The second-order valence-corrected chi connectivity index (χ2v) is 7.22. The Balaban J connectivity index is 0.00000208. The second-order valence-electron chi connectivity index (χ2n) is 7.22. The Kier molecular flexibility index (Phi) is 5.88. The first-order valence-electron chi connectivity index (χ1n) is 8.37. The van der Waals surface area contributed by atoms with Gasteiger partial charge in [0.05, 0.1) is 6.42 Å². The van der Waals surface area contributed by atoms with Crippen molar-refractivity contribution in [1.82, 2.24) is 4.90 Å². The van der Waals surface area contributed by atoms with Crippen LogP contribution in [0.3, 0.4) is 0 Å². The van der Waals surface area contributed by atoms with E-state index in [1.54, 1.807) is 0 Å². The molecule has 1 saturated heterocycles. The Bertz CT molecular complexity index is 601. The van der Waals surface area contributed by atoms with Crippen LogP contribution in [0.25, 0.3) is 0 Å². The van der Waals surface area contributed by atoms with Crippen molar-refractivity contribution in [3.8, 4) is 0 Å². The maximum absolute atomic E-state index is 12.4. The van der Waals surface area contributed by atoms with E-state index in [9.17, 15) is 9.59 Å². The summed E-state index contributed by atoms with van der Waals surface area (Å²) >= 11 is 0. The number of hydrogen-bond acceptors (Lipinski definition) is 3. The molecule has 2 amide bonds. The topological polar surface area (TPSA) is 75.4 Å². The van der Waals surface area contributed by atoms with E-state index >= 15 is 0 Å². The molecule has 1 heterocycles. The molecule has 1 aliphatic carbocycles. The van der Waals surface area contributed by atoms with Crippen molar-refractivity contribution in [2.24, 2.45) is 17.1 Å². The zero-order chi connectivity index (χ0) is 16.4. The van der Waals surface area contributed by atoms with E-state index in [4.69, 9.17) is 5.73 Å². The summed E-state index contributed by atoms with van der Waals surface area (Å²) in [4.78, 5) is 26.0. The number of rotatable bonds is 5. The fourth-order valence-electron chi connectivity index (χ4n) is 2.99. The third kappa shape index (κ3) is 4.48. The highest BCUT2D eigenvalue weighted by Gasteiger charge is 2.34. The number of nitrogens with zero attached hydrogens (tertiary/aromatic N) is 1. The second kappa shape index (κ2) is 7.53. The summed E-state index contributed by atoms with van der Waals surface area (Å²) in [5.41, 5.74) is 7.63. The van der Waals surface area contributed by atoms with Gasteiger partial charge in [-0.3, -0.25) is 9.59 Å². The molecule has 1 unspecified atom stereocenters. The van der Waals surface area contributed by atoms with E-state index in [0.717, 1.165) is 43.6 Å². The summed E-state index contributed by atoms with van der Waals surface area (Å²) in [6.07, 6.45) is 3.37. The smallest absolute Gasteiger partial charge is 0.227 e. The molecule has 1 aliphatic heterocycles. The number of nitrogens with two attached hydrogens (primary N) is 1. The molecule has 1 atom stereocenters. The van der Waals surface area contributed by atoms with E-state index in [1.807, 2.05) is 29.2 Å². The van der Waals surface area contributed by atoms with E-state index in [0.29, 0.717) is 13.0 Å². The summed E-state index contributed by atoms with van der Waals surface area (Å²) in [6, 6.07) is 7.57. The Morgan fingerprint density at radius 2 is 1.96 bits per heavy atom. The summed E-state index contributed by atoms with van der Waals surface area (Å²) in [5, 5.41) is 2.91. The first-order chi connectivity index (χ1) is 11.0. The third-order valence-electron chi connectivity index (χ3n) is 4.93. The molecule has 0 aromatic heterocycles. The molecule has 2 aliphatic rings. The van der Waals surface area contributed by atoms with Crippen molar-refractivity contribution in [3.05, 3.63) is 29.8 Å². The molecule has 5 nitrogen and oxygen atoms in total. The largest absolute Gasteiger partial charge is 0.342 e. The highest BCUT2D eigenvalue weighted by molar-refractivity contribution is 5.94. The average Bonchev–Trinajstić information content (AvgIpc) is 3.32. The number of nitrogens with one attached hydrogen (secondary N) is 1. The van der Waals surface area contributed by atoms with Crippen LogP contribution in [0.2, 0.25) is 0 Å². The van der Waals surface area contributed by atoms with Crippen LogP contribution in [0.4, 0.5) is 5.69 Å². The van der Waals surface area contributed by atoms with Crippen LogP contribution in [-0.4, -0.2) is 36.3 Å². The van der Waals surface area contributed by atoms with Crippen LogP contribution in [0.1, 0.15) is 31.7 Å². The summed E-state index contributed by atoms with van der Waals surface area (Å²) in [5.74, 6) is 0.451. The molecule has 1 aromatic rings. The number of amides is 2. The minimum absolute atomic E-state index is 0. The van der Waals surface area contributed by atoms with Crippen LogP contribution in [0.5, 0.6) is 0 Å². The summed E-state index contributed by atoms with van der Waals surface area (Å²) in [6.45, 7) is 4.30. The lowest BCUT2D eigenvalue weighted by atomic mass is 9.90. The van der Waals surface area contributed by atoms with Gasteiger partial charge in [0.25, 0.3) is 0 Å². The van der Waals surface area contributed by atoms with E-state index in [1.165, 1.54) is 0 Å². The Labute approximate surface area is 149 Å². The number of benzene rings is 1. The molecule has 3 rings (SSSR count). The number of carbonyl (C=O) groups excluding carboxylic acids is 2. The highest BCUT2D eigenvalue weighted by Crippen LogP contribution is 2.30. The van der Waals surface area contributed by atoms with Gasteiger partial charge in [0.2, 0.25) is 11.8 Å². The van der Waals surface area contributed by atoms with E-state index in [2.05, 4.69) is 12.2 Å². The van der Waals surface area contributed by atoms with Crippen LogP contribution in [0.15, 0.2) is 24.3 Å². The van der Waals surface area contributed by atoms with E-state index < -0.39 is 0 Å². The fraction of sp³-hybridized carbons (Fsp3) is 0.556. The van der Waals surface area contributed by atoms with Gasteiger partial charge < -0.3 is 16.0 Å². The van der Waals surface area contributed by atoms with Crippen LogP contribution >= 0.6 is 12.4 Å². The standard InChI is InChI=1S/C18H25N3O2.ClH/c1-18(11-19)8-9-21(12-18)16(22)10-13-2-6-15(7-3-13)20-17(23)14-4-5-14;/h2-3,6-7,14H,4-5,8-12,19H2,1H3,(H,20,23);1H. The molecular weight excluding hydrogens is 326 g/mol. The van der Waals surface area contributed by atoms with E-state index in [-0.39, 0.29) is 35.6 Å². The summed E-state index contributed by atoms with van der Waals surface area (Å²) in [7, 11) is 0. The number of carbonyl (C=O) groups is 2. The van der Waals surface area contributed by atoms with Crippen LogP contribution in [0, 0.1) is 11.3 Å². The maximum Gasteiger partial charge on any atom is 0.227 e. The lowest BCUT2D eigenvalue weighted by Crippen LogP contribution is -2.35. The summed E-state index contributed by atoms with van der Waals surface area (Å²) < 4.78 is 0. The average molecular weight is 352 g/mol. The van der Waals surface area contributed by atoms with Gasteiger partial charge >= 0.3 is 0 Å². The van der Waals surface area contributed by atoms with Crippen LogP contribution in [-0.2, 0) is 16.0 Å². The zero-order valence-electron chi connectivity index (χ0n) is 14.1. The van der Waals surface area contributed by atoms with Crippen molar-refractivity contribution >= 4 is 29.9 Å². The van der Waals surface area contributed by atoms with Gasteiger partial charge in [-0.15, -0.1) is 12.4 Å². The molecule has 0 bridgehead atoms. The first kappa shape index (κ1) is 18.7. The minimum atomic E-state index is 0. The molecule has 24 heavy (non-hydrogen) atoms. The number of hydrogen-bond donors (Lipinski definition) is 2. The molecule has 1 aromatic carbocycles. The predicted octanol–water partition coefficient (Wildman–Crippen LogP) is 2.20. The molecule has 1 saturated carbocycles. The minimum Gasteiger partial charge on any atom is -0.342 e. The Morgan fingerprint density at radius 1 is 1.29 bits per heavy atom. The quantitative estimate of drug-likeness (QED) is 0.853. The monoisotopic (exact) mass is 351 g/mol. The Hall–Kier alpha value is -1.59. The molecule has 2 fully saturated rings. The number of anilines is 1. The molecular formula is C18H26ClN3O2. The van der Waals surface area contributed by atoms with Gasteiger partial charge in [0.15, 0.2) is 0 Å². The molecule has 3 N–H and O–H groups in total. The molecule has 0 radical (unpaired) electrons. The van der Waals surface area contributed by atoms with Gasteiger partial charge in [-0.2, -0.15) is 0 Å².